The highest BCUT2D eigenvalue weighted by molar-refractivity contribution is 6.30. The SMILES string of the molecule is Cc1cc(Cl)ccc1OCC(=O)Nc1ccc(OCCC(N)=O)cc1. The molecule has 132 valence electrons. The quantitative estimate of drug-likeness (QED) is 0.755. The van der Waals surface area contributed by atoms with Gasteiger partial charge in [0.2, 0.25) is 5.91 Å². The first-order chi connectivity index (χ1) is 11.9. The van der Waals surface area contributed by atoms with Crippen LogP contribution in [-0.2, 0) is 9.59 Å². The summed E-state index contributed by atoms with van der Waals surface area (Å²) in [5, 5.41) is 3.34. The van der Waals surface area contributed by atoms with Gasteiger partial charge in [0.15, 0.2) is 6.61 Å². The Kier molecular flexibility index (Phi) is 6.65. The van der Waals surface area contributed by atoms with Crippen LogP contribution < -0.4 is 20.5 Å². The molecule has 0 bridgehead atoms. The summed E-state index contributed by atoms with van der Waals surface area (Å²) < 4.78 is 10.8. The van der Waals surface area contributed by atoms with Gasteiger partial charge in [-0.1, -0.05) is 11.6 Å². The van der Waals surface area contributed by atoms with E-state index >= 15 is 0 Å². The van der Waals surface area contributed by atoms with E-state index in [0.717, 1.165) is 5.56 Å². The lowest BCUT2D eigenvalue weighted by molar-refractivity contribution is -0.119. The van der Waals surface area contributed by atoms with Crippen LogP contribution in [-0.4, -0.2) is 25.0 Å². The summed E-state index contributed by atoms with van der Waals surface area (Å²) in [5.74, 6) is 0.501. The molecule has 2 rings (SSSR count). The molecule has 7 heteroatoms. The molecule has 0 aliphatic carbocycles. The molecule has 3 N–H and O–H groups in total. The molecule has 0 radical (unpaired) electrons. The number of hydrogen-bond acceptors (Lipinski definition) is 4. The molecule has 0 spiro atoms. The van der Waals surface area contributed by atoms with E-state index in [4.69, 9.17) is 26.8 Å². The number of carbonyl (C=O) groups excluding carboxylic acids is 2. The van der Waals surface area contributed by atoms with Crippen molar-refractivity contribution in [3.8, 4) is 11.5 Å². The Balaban J connectivity index is 1.80. The zero-order chi connectivity index (χ0) is 18.2. The van der Waals surface area contributed by atoms with Crippen molar-refractivity contribution in [3.05, 3.63) is 53.1 Å². The number of anilines is 1. The van der Waals surface area contributed by atoms with Crippen molar-refractivity contribution in [1.82, 2.24) is 0 Å². The highest BCUT2D eigenvalue weighted by Crippen LogP contribution is 2.22. The van der Waals surface area contributed by atoms with Crippen molar-refractivity contribution in [2.45, 2.75) is 13.3 Å². The van der Waals surface area contributed by atoms with Gasteiger partial charge in [-0.3, -0.25) is 9.59 Å². The molecular weight excluding hydrogens is 344 g/mol. The molecule has 0 aromatic heterocycles. The Morgan fingerprint density at radius 2 is 1.84 bits per heavy atom. The van der Waals surface area contributed by atoms with E-state index < -0.39 is 5.91 Å². The van der Waals surface area contributed by atoms with Crippen LogP contribution in [0.15, 0.2) is 42.5 Å². The number of nitrogens with one attached hydrogen (secondary N) is 1. The van der Waals surface area contributed by atoms with Crippen LogP contribution in [0.1, 0.15) is 12.0 Å². The van der Waals surface area contributed by atoms with Gasteiger partial charge in [0.25, 0.3) is 5.91 Å². The van der Waals surface area contributed by atoms with Crippen LogP contribution in [0.25, 0.3) is 0 Å². The number of halogens is 1. The first-order valence-corrected chi connectivity index (χ1v) is 8.02. The molecule has 2 amide bonds. The number of hydrogen-bond donors (Lipinski definition) is 2. The summed E-state index contributed by atoms with van der Waals surface area (Å²) >= 11 is 5.88. The van der Waals surface area contributed by atoms with Crippen molar-refractivity contribution in [3.63, 3.8) is 0 Å². The molecule has 25 heavy (non-hydrogen) atoms. The third-order valence-corrected chi connectivity index (χ3v) is 3.49. The molecule has 0 heterocycles. The predicted octanol–water partition coefficient (Wildman–Crippen LogP) is 2.92. The third kappa shape index (κ3) is 6.35. The van der Waals surface area contributed by atoms with Crippen molar-refractivity contribution in [2.75, 3.05) is 18.5 Å². The summed E-state index contributed by atoms with van der Waals surface area (Å²) in [5.41, 5.74) is 6.51. The summed E-state index contributed by atoms with van der Waals surface area (Å²) in [6.07, 6.45) is 0.153. The molecule has 0 aliphatic rings. The maximum atomic E-state index is 12.0. The van der Waals surface area contributed by atoms with Gasteiger partial charge in [-0.2, -0.15) is 0 Å². The Hall–Kier alpha value is -2.73. The van der Waals surface area contributed by atoms with Crippen LogP contribution >= 0.6 is 11.6 Å². The Morgan fingerprint density at radius 1 is 1.12 bits per heavy atom. The van der Waals surface area contributed by atoms with E-state index in [-0.39, 0.29) is 25.5 Å². The summed E-state index contributed by atoms with van der Waals surface area (Å²) in [6, 6.07) is 12.0. The molecule has 0 atom stereocenters. The van der Waals surface area contributed by atoms with Crippen LogP contribution in [0.2, 0.25) is 5.02 Å². The standard InChI is InChI=1S/C18H19ClN2O4/c1-12-10-13(19)2-7-16(12)25-11-18(23)21-14-3-5-15(6-4-14)24-9-8-17(20)22/h2-7,10H,8-9,11H2,1H3,(H2,20,22)(H,21,23). The van der Waals surface area contributed by atoms with Crippen molar-refractivity contribution < 1.29 is 19.1 Å². The average Bonchev–Trinajstić information content (AvgIpc) is 2.55. The minimum atomic E-state index is -0.417. The number of rotatable bonds is 8. The lowest BCUT2D eigenvalue weighted by Crippen LogP contribution is -2.20. The molecule has 0 aliphatic heterocycles. The molecular formula is C18H19ClN2O4. The number of benzene rings is 2. The van der Waals surface area contributed by atoms with Gasteiger partial charge in [-0.15, -0.1) is 0 Å². The van der Waals surface area contributed by atoms with E-state index in [1.54, 1.807) is 42.5 Å². The fraction of sp³-hybridized carbons (Fsp3) is 0.222. The van der Waals surface area contributed by atoms with Crippen LogP contribution in [0, 0.1) is 6.92 Å². The highest BCUT2D eigenvalue weighted by Gasteiger charge is 2.06. The number of amides is 2. The van der Waals surface area contributed by atoms with Crippen LogP contribution in [0.4, 0.5) is 5.69 Å². The lowest BCUT2D eigenvalue weighted by Gasteiger charge is -2.10. The number of ether oxygens (including phenoxy) is 2. The second kappa shape index (κ2) is 8.94. The number of aryl methyl sites for hydroxylation is 1. The second-order valence-corrected chi connectivity index (χ2v) is 5.77. The lowest BCUT2D eigenvalue weighted by atomic mass is 10.2. The second-order valence-electron chi connectivity index (χ2n) is 5.34. The van der Waals surface area contributed by atoms with E-state index in [0.29, 0.717) is 22.2 Å². The molecule has 0 unspecified atom stereocenters. The van der Waals surface area contributed by atoms with Gasteiger partial charge in [0.1, 0.15) is 11.5 Å². The number of nitrogens with two attached hydrogens (primary N) is 1. The average molecular weight is 363 g/mol. The minimum absolute atomic E-state index is 0.112. The summed E-state index contributed by atoms with van der Waals surface area (Å²) in [4.78, 5) is 22.6. The van der Waals surface area contributed by atoms with E-state index in [1.807, 2.05) is 6.92 Å². The van der Waals surface area contributed by atoms with Gasteiger partial charge in [0.05, 0.1) is 13.0 Å². The van der Waals surface area contributed by atoms with Gasteiger partial charge in [-0.25, -0.2) is 0 Å². The van der Waals surface area contributed by atoms with E-state index in [9.17, 15) is 9.59 Å². The third-order valence-electron chi connectivity index (χ3n) is 3.25. The highest BCUT2D eigenvalue weighted by atomic mass is 35.5. The first-order valence-electron chi connectivity index (χ1n) is 7.64. The fourth-order valence-corrected chi connectivity index (χ4v) is 2.25. The Morgan fingerprint density at radius 3 is 2.48 bits per heavy atom. The predicted molar refractivity (Wildman–Crippen MR) is 96.1 cm³/mol. The van der Waals surface area contributed by atoms with Crippen molar-refractivity contribution in [1.29, 1.82) is 0 Å². The summed E-state index contributed by atoms with van der Waals surface area (Å²) in [6.45, 7) is 1.96. The molecule has 2 aromatic rings. The topological polar surface area (TPSA) is 90.7 Å². The monoisotopic (exact) mass is 362 g/mol. The molecule has 0 saturated heterocycles. The van der Waals surface area contributed by atoms with Crippen LogP contribution in [0.3, 0.4) is 0 Å². The normalized spacial score (nSPS) is 10.2. The Bertz CT molecular complexity index is 747. The van der Waals surface area contributed by atoms with Crippen molar-refractivity contribution >= 4 is 29.1 Å². The Labute approximate surface area is 150 Å². The maximum Gasteiger partial charge on any atom is 0.262 e. The van der Waals surface area contributed by atoms with E-state index in [2.05, 4.69) is 5.32 Å². The fourth-order valence-electron chi connectivity index (χ4n) is 2.02. The molecule has 2 aromatic carbocycles. The van der Waals surface area contributed by atoms with Gasteiger partial charge >= 0.3 is 0 Å². The van der Waals surface area contributed by atoms with Gasteiger partial charge in [0, 0.05) is 10.7 Å². The van der Waals surface area contributed by atoms with Gasteiger partial charge in [-0.05, 0) is 55.0 Å². The largest absolute Gasteiger partial charge is 0.493 e. The van der Waals surface area contributed by atoms with Crippen molar-refractivity contribution in [2.24, 2.45) is 5.73 Å². The van der Waals surface area contributed by atoms with Gasteiger partial charge < -0.3 is 20.5 Å². The molecule has 0 saturated carbocycles. The number of carbonyl (C=O) groups is 2. The first kappa shape index (κ1) is 18.6. The zero-order valence-corrected chi connectivity index (χ0v) is 14.5. The zero-order valence-electron chi connectivity index (χ0n) is 13.8. The van der Waals surface area contributed by atoms with E-state index in [1.165, 1.54) is 0 Å². The van der Waals surface area contributed by atoms with Crippen LogP contribution in [0.5, 0.6) is 11.5 Å². The number of primary amides is 1. The summed E-state index contributed by atoms with van der Waals surface area (Å²) in [7, 11) is 0. The maximum absolute atomic E-state index is 12.0. The minimum Gasteiger partial charge on any atom is -0.493 e. The molecule has 0 fully saturated rings. The smallest absolute Gasteiger partial charge is 0.262 e. The molecule has 6 nitrogen and oxygen atoms in total.